The first-order valence-electron chi connectivity index (χ1n) is 8.28. The van der Waals surface area contributed by atoms with E-state index in [-0.39, 0.29) is 18.7 Å². The zero-order valence-corrected chi connectivity index (χ0v) is 14.9. The number of carboxylic acid groups (broad SMARTS) is 1. The van der Waals surface area contributed by atoms with Crippen LogP contribution in [0.25, 0.3) is 0 Å². The third-order valence-corrected chi connectivity index (χ3v) is 4.40. The normalized spacial score (nSPS) is 27.9. The number of hydrogen-bond donors (Lipinski definition) is 6. The van der Waals surface area contributed by atoms with Gasteiger partial charge in [0.25, 0.3) is 0 Å². The summed E-state index contributed by atoms with van der Waals surface area (Å²) in [6.07, 6.45) is -3.50. The molecule has 0 aromatic carbocycles. The molecule has 28 heavy (non-hydrogen) atoms. The van der Waals surface area contributed by atoms with Crippen LogP contribution in [0.15, 0.2) is 17.1 Å². The average Bonchev–Trinajstić information content (AvgIpc) is 2.88. The number of ether oxygens (including phenoxy) is 2. The predicted molar refractivity (Wildman–Crippen MR) is 93.1 cm³/mol. The Morgan fingerprint density at radius 1 is 1.50 bits per heavy atom. The number of carbonyl (C=O) groups is 2. The first kappa shape index (κ1) is 21.8. The molecular formula is C14H21BN4O9. The fourth-order valence-corrected chi connectivity index (χ4v) is 2.77. The largest absolute Gasteiger partial charge is 0.481 e. The summed E-state index contributed by atoms with van der Waals surface area (Å²) >= 11 is 0. The first-order chi connectivity index (χ1) is 13.1. The highest BCUT2D eigenvalue weighted by Crippen LogP contribution is 2.32. The summed E-state index contributed by atoms with van der Waals surface area (Å²) < 4.78 is 11.4. The molecule has 14 heteroatoms. The van der Waals surface area contributed by atoms with Gasteiger partial charge >= 0.3 is 17.6 Å². The number of rotatable bonds is 8. The molecule has 5 atom stereocenters. The van der Waals surface area contributed by atoms with Gasteiger partial charge in [-0.1, -0.05) is 0 Å². The topological polar surface area (TPSA) is 206 Å². The van der Waals surface area contributed by atoms with Gasteiger partial charge in [-0.2, -0.15) is 4.98 Å². The molecule has 0 amide bonds. The lowest BCUT2D eigenvalue weighted by Gasteiger charge is -2.30. The minimum absolute atomic E-state index is 0.126. The maximum atomic E-state index is 12.1. The summed E-state index contributed by atoms with van der Waals surface area (Å²) in [4.78, 5) is 38.0. The van der Waals surface area contributed by atoms with Crippen molar-refractivity contribution < 1.29 is 39.6 Å². The molecule has 0 bridgehead atoms. The lowest BCUT2D eigenvalue weighted by atomic mass is 9.84. The van der Waals surface area contributed by atoms with Gasteiger partial charge in [0.1, 0.15) is 36.6 Å². The molecule has 1 fully saturated rings. The number of aliphatic hydroxyl groups is 2. The van der Waals surface area contributed by atoms with Gasteiger partial charge in [0.15, 0.2) is 13.7 Å². The highest BCUT2D eigenvalue weighted by molar-refractivity contribution is 6.13. The van der Waals surface area contributed by atoms with Gasteiger partial charge in [-0.05, 0) is 12.5 Å². The van der Waals surface area contributed by atoms with Crippen LogP contribution in [0.1, 0.15) is 12.8 Å². The third kappa shape index (κ3) is 4.48. The Labute approximate surface area is 159 Å². The van der Waals surface area contributed by atoms with Crippen LogP contribution >= 0.6 is 0 Å². The second-order valence-electron chi connectivity index (χ2n) is 6.39. The molecule has 1 aliphatic heterocycles. The van der Waals surface area contributed by atoms with Crippen molar-refractivity contribution in [3.8, 4) is 0 Å². The lowest BCUT2D eigenvalue weighted by Crippen LogP contribution is -2.51. The van der Waals surface area contributed by atoms with E-state index < -0.39 is 54.2 Å². The molecule has 0 saturated carbocycles. The van der Waals surface area contributed by atoms with Crippen LogP contribution in [0, 0.1) is 0 Å². The molecule has 2 heterocycles. The van der Waals surface area contributed by atoms with Crippen LogP contribution < -0.4 is 16.9 Å². The van der Waals surface area contributed by atoms with E-state index in [1.807, 2.05) is 0 Å². The van der Waals surface area contributed by atoms with E-state index in [0.29, 0.717) is 0 Å². The molecule has 13 nitrogen and oxygen atoms in total. The van der Waals surface area contributed by atoms with E-state index in [4.69, 9.17) is 25.5 Å². The fourth-order valence-electron chi connectivity index (χ4n) is 2.77. The summed E-state index contributed by atoms with van der Waals surface area (Å²) in [5.74, 6) is -2.13. The number of nitrogens with zero attached hydrogens (tertiary/aromatic N) is 2. The minimum Gasteiger partial charge on any atom is -0.481 e. The van der Waals surface area contributed by atoms with E-state index in [1.54, 1.807) is 5.48 Å². The maximum absolute atomic E-state index is 12.1. The SMILES string of the molecule is B[C@@]1(n2ccc(NO)nc2=O)O[C@H](COC(=O)[C@@H](N)CCC(=O)O)[C@@H](O)[C@H]1O. The summed E-state index contributed by atoms with van der Waals surface area (Å²) in [7, 11) is 1.33. The van der Waals surface area contributed by atoms with Crippen molar-refractivity contribution in [3.63, 3.8) is 0 Å². The van der Waals surface area contributed by atoms with Crippen molar-refractivity contribution in [3.05, 3.63) is 22.7 Å². The van der Waals surface area contributed by atoms with Gasteiger partial charge in [0, 0.05) is 12.6 Å². The Bertz CT molecular complexity index is 790. The van der Waals surface area contributed by atoms with Crippen LogP contribution in [0.4, 0.5) is 5.82 Å². The van der Waals surface area contributed by atoms with Gasteiger partial charge in [-0.25, -0.2) is 4.79 Å². The number of carbonyl (C=O) groups excluding carboxylic acids is 1. The van der Waals surface area contributed by atoms with Gasteiger partial charge in [-0.15, -0.1) is 0 Å². The van der Waals surface area contributed by atoms with Crippen LogP contribution in [0.5, 0.6) is 0 Å². The molecule has 1 aliphatic rings. The maximum Gasteiger partial charge on any atom is 0.351 e. The van der Waals surface area contributed by atoms with Crippen molar-refractivity contribution in [2.24, 2.45) is 5.73 Å². The van der Waals surface area contributed by atoms with Gasteiger partial charge < -0.3 is 30.5 Å². The second kappa shape index (κ2) is 8.66. The molecule has 1 saturated heterocycles. The number of nitrogens with two attached hydrogens (primary N) is 1. The third-order valence-electron chi connectivity index (χ3n) is 4.40. The van der Waals surface area contributed by atoms with Crippen molar-refractivity contribution >= 4 is 25.6 Å². The Morgan fingerprint density at radius 2 is 2.18 bits per heavy atom. The summed E-state index contributed by atoms with van der Waals surface area (Å²) in [5.41, 5.74) is 4.64. The minimum atomic E-state index is -1.72. The van der Waals surface area contributed by atoms with Gasteiger partial charge in [0.2, 0.25) is 0 Å². The summed E-state index contributed by atoms with van der Waals surface area (Å²) in [6, 6.07) is 0.0699. The van der Waals surface area contributed by atoms with Crippen LogP contribution in [-0.2, 0) is 24.7 Å². The monoisotopic (exact) mass is 400 g/mol. The number of esters is 1. The average molecular weight is 400 g/mol. The standard InChI is InChI=1S/C14H21BN4O9/c15-14(19-4-3-8(18-26)17-13(19)25)11(23)10(22)7(28-14)5-27-12(24)6(16)1-2-9(20)21/h3-4,6-7,10-11,22-23,26H,1-2,5,15-16H2,(H,20,21)(H,17,18,25)/t6-,7+,10+,11+,14-/m0/s1. The number of carboxylic acids is 1. The molecule has 154 valence electrons. The van der Waals surface area contributed by atoms with E-state index >= 15 is 0 Å². The number of aromatic nitrogens is 2. The molecule has 0 spiro atoms. The number of aliphatic hydroxyl groups excluding tert-OH is 2. The lowest BCUT2D eigenvalue weighted by molar-refractivity contribution is -0.153. The van der Waals surface area contributed by atoms with E-state index in [9.17, 15) is 24.6 Å². The van der Waals surface area contributed by atoms with Crippen LogP contribution in [0.3, 0.4) is 0 Å². The highest BCUT2D eigenvalue weighted by Gasteiger charge is 2.53. The molecule has 0 aliphatic carbocycles. The Balaban J connectivity index is 2.06. The van der Waals surface area contributed by atoms with Crippen molar-refractivity contribution in [1.82, 2.24) is 9.55 Å². The van der Waals surface area contributed by atoms with Crippen molar-refractivity contribution in [2.75, 3.05) is 12.1 Å². The Hall–Kier alpha value is -2.52. The van der Waals surface area contributed by atoms with Crippen LogP contribution in [-0.4, -0.2) is 80.8 Å². The van der Waals surface area contributed by atoms with E-state index in [0.717, 1.165) is 4.57 Å². The summed E-state index contributed by atoms with van der Waals surface area (Å²) in [6.45, 7) is -0.480. The number of hydrogen-bond acceptors (Lipinski definition) is 11. The zero-order valence-electron chi connectivity index (χ0n) is 14.9. The van der Waals surface area contributed by atoms with Crippen molar-refractivity contribution in [2.45, 2.75) is 42.8 Å². The molecule has 7 N–H and O–H groups in total. The molecule has 0 unspecified atom stereocenters. The number of anilines is 1. The van der Waals surface area contributed by atoms with Crippen LogP contribution in [0.2, 0.25) is 0 Å². The first-order valence-corrected chi connectivity index (χ1v) is 8.28. The number of aliphatic carboxylic acids is 1. The summed E-state index contributed by atoms with van der Waals surface area (Å²) in [5, 5.41) is 37.9. The zero-order chi connectivity index (χ0) is 21.1. The Morgan fingerprint density at radius 3 is 2.75 bits per heavy atom. The molecule has 0 radical (unpaired) electrons. The predicted octanol–water partition coefficient (Wildman–Crippen LogP) is -3.86. The van der Waals surface area contributed by atoms with E-state index in [1.165, 1.54) is 20.1 Å². The molecule has 1 aromatic rings. The molecule has 2 rings (SSSR count). The quantitative estimate of drug-likeness (QED) is 0.141. The number of nitrogens with one attached hydrogen (secondary N) is 1. The van der Waals surface area contributed by atoms with Gasteiger partial charge in [-0.3, -0.25) is 24.8 Å². The Kier molecular flexibility index (Phi) is 6.74. The fraction of sp³-hybridized carbons (Fsp3) is 0.571. The van der Waals surface area contributed by atoms with Crippen molar-refractivity contribution in [1.29, 1.82) is 0 Å². The molecular weight excluding hydrogens is 379 g/mol. The van der Waals surface area contributed by atoms with Gasteiger partial charge in [0.05, 0.1) is 0 Å². The second-order valence-corrected chi connectivity index (χ2v) is 6.39. The molecule has 1 aromatic heterocycles. The smallest absolute Gasteiger partial charge is 0.351 e. The van der Waals surface area contributed by atoms with E-state index in [2.05, 4.69) is 4.98 Å². The highest BCUT2D eigenvalue weighted by atomic mass is 16.6.